The lowest BCUT2D eigenvalue weighted by molar-refractivity contribution is 0.443. The highest BCUT2D eigenvalue weighted by atomic mass is 32.2. The molecule has 0 radical (unpaired) electrons. The smallest absolute Gasteiger partial charge is 0.229 e. The minimum atomic E-state index is -3.66. The minimum Gasteiger partial charge on any atom is -0.229 e. The second-order valence-corrected chi connectivity index (χ2v) is 10.6. The van der Waals surface area contributed by atoms with Gasteiger partial charge >= 0.3 is 0 Å². The van der Waals surface area contributed by atoms with Gasteiger partial charge in [-0.15, -0.1) is 0 Å². The average Bonchev–Trinajstić information content (AvgIpc) is 2.86. The predicted octanol–water partition coefficient (Wildman–Crippen LogP) is 2.20. The monoisotopic (exact) mass is 357 g/mol. The van der Waals surface area contributed by atoms with Crippen LogP contribution in [0.3, 0.4) is 0 Å². The van der Waals surface area contributed by atoms with Crippen LogP contribution < -0.4 is 4.72 Å². The molecule has 0 spiro atoms. The molecule has 1 saturated carbocycles. The third-order valence-corrected chi connectivity index (χ3v) is 8.13. The number of sulfonamides is 1. The molecule has 1 aliphatic carbocycles. The second-order valence-electron chi connectivity index (χ2n) is 6.63. The molecule has 5 nitrogen and oxygen atoms in total. The molecule has 2 aliphatic rings. The average molecular weight is 357 g/mol. The van der Waals surface area contributed by atoms with E-state index in [1.165, 1.54) is 37.7 Å². The van der Waals surface area contributed by atoms with Crippen molar-refractivity contribution >= 4 is 19.9 Å². The van der Waals surface area contributed by atoms with Crippen molar-refractivity contribution in [2.24, 2.45) is 0 Å². The lowest BCUT2D eigenvalue weighted by atomic mass is 9.84. The Kier molecular flexibility index (Phi) is 4.80. The van der Waals surface area contributed by atoms with E-state index in [1.54, 1.807) is 12.1 Å². The number of hydrogen-bond donors (Lipinski definition) is 1. The van der Waals surface area contributed by atoms with E-state index in [4.69, 9.17) is 0 Å². The Balaban J connectivity index is 1.70. The number of rotatable bonds is 4. The van der Waals surface area contributed by atoms with Gasteiger partial charge in [-0.25, -0.2) is 21.6 Å². The van der Waals surface area contributed by atoms with E-state index in [0.717, 1.165) is 0 Å². The molecule has 1 atom stereocenters. The van der Waals surface area contributed by atoms with Crippen molar-refractivity contribution < 1.29 is 16.8 Å². The first-order valence-corrected chi connectivity index (χ1v) is 11.5. The summed E-state index contributed by atoms with van der Waals surface area (Å²) in [6.45, 7) is 0. The van der Waals surface area contributed by atoms with Gasteiger partial charge in [-0.3, -0.25) is 0 Å². The summed E-state index contributed by atoms with van der Waals surface area (Å²) in [6.07, 6.45) is 6.46. The van der Waals surface area contributed by atoms with Crippen LogP contribution in [0.5, 0.6) is 0 Å². The van der Waals surface area contributed by atoms with Crippen LogP contribution in [0.1, 0.15) is 50.0 Å². The van der Waals surface area contributed by atoms with Crippen LogP contribution in [0.4, 0.5) is 0 Å². The van der Waals surface area contributed by atoms with Gasteiger partial charge in [0.1, 0.15) is 0 Å². The Morgan fingerprint density at radius 3 is 2.17 bits per heavy atom. The fourth-order valence-corrected chi connectivity index (χ4v) is 6.58. The molecule has 0 aromatic heterocycles. The molecule has 23 heavy (non-hydrogen) atoms. The Bertz CT molecular complexity index is 748. The molecule has 1 aromatic carbocycles. The zero-order chi connectivity index (χ0) is 16.5. The largest absolute Gasteiger partial charge is 0.240 e. The maximum absolute atomic E-state index is 12.4. The molecule has 0 amide bonds. The Labute approximate surface area is 138 Å². The van der Waals surface area contributed by atoms with Crippen molar-refractivity contribution in [1.29, 1.82) is 0 Å². The lowest BCUT2D eigenvalue weighted by Gasteiger charge is -2.22. The van der Waals surface area contributed by atoms with E-state index in [-0.39, 0.29) is 16.4 Å². The third kappa shape index (κ3) is 4.14. The summed E-state index contributed by atoms with van der Waals surface area (Å²) in [5.74, 6) is 0.487. The molecule has 128 valence electrons. The molecule has 1 aromatic rings. The normalized spacial score (nSPS) is 25.5. The summed E-state index contributed by atoms with van der Waals surface area (Å²) < 4.78 is 50.2. The van der Waals surface area contributed by atoms with Gasteiger partial charge in [0.2, 0.25) is 10.0 Å². The van der Waals surface area contributed by atoms with Gasteiger partial charge in [0.15, 0.2) is 9.84 Å². The molecule has 1 heterocycles. The number of nitrogens with one attached hydrogen (secondary N) is 1. The number of benzene rings is 1. The van der Waals surface area contributed by atoms with Gasteiger partial charge in [0.05, 0.1) is 16.4 Å². The van der Waals surface area contributed by atoms with Crippen molar-refractivity contribution in [3.63, 3.8) is 0 Å². The maximum Gasteiger partial charge on any atom is 0.240 e. The van der Waals surface area contributed by atoms with E-state index in [0.29, 0.717) is 12.3 Å². The fourth-order valence-electron chi connectivity index (χ4n) is 3.53. The summed E-state index contributed by atoms with van der Waals surface area (Å²) in [6, 6.07) is 6.56. The molecule has 3 rings (SSSR count). The van der Waals surface area contributed by atoms with Gasteiger partial charge in [-0.05, 0) is 42.9 Å². The highest BCUT2D eigenvalue weighted by Crippen LogP contribution is 2.32. The summed E-state index contributed by atoms with van der Waals surface area (Å²) >= 11 is 0. The van der Waals surface area contributed by atoms with E-state index in [1.807, 2.05) is 12.1 Å². The van der Waals surface area contributed by atoms with E-state index < -0.39 is 25.9 Å². The summed E-state index contributed by atoms with van der Waals surface area (Å²) in [5.41, 5.74) is 1.20. The van der Waals surface area contributed by atoms with Crippen LogP contribution in [0.2, 0.25) is 0 Å². The number of sulfone groups is 1. The maximum atomic E-state index is 12.4. The van der Waals surface area contributed by atoms with Crippen molar-refractivity contribution in [3.05, 3.63) is 29.8 Å². The quantitative estimate of drug-likeness (QED) is 0.896. The van der Waals surface area contributed by atoms with Gasteiger partial charge in [0.25, 0.3) is 0 Å². The first-order chi connectivity index (χ1) is 10.9. The van der Waals surface area contributed by atoms with E-state index >= 15 is 0 Å². The van der Waals surface area contributed by atoms with Gasteiger partial charge in [0, 0.05) is 6.04 Å². The van der Waals surface area contributed by atoms with Crippen LogP contribution in [0.25, 0.3) is 0 Å². The second kappa shape index (κ2) is 6.53. The predicted molar refractivity (Wildman–Crippen MR) is 89.6 cm³/mol. The van der Waals surface area contributed by atoms with Crippen LogP contribution in [-0.2, 0) is 19.9 Å². The molecular weight excluding hydrogens is 334 g/mol. The van der Waals surface area contributed by atoms with E-state index in [9.17, 15) is 16.8 Å². The molecule has 1 N–H and O–H groups in total. The zero-order valence-electron chi connectivity index (χ0n) is 13.1. The van der Waals surface area contributed by atoms with Crippen molar-refractivity contribution in [2.75, 3.05) is 11.5 Å². The van der Waals surface area contributed by atoms with Gasteiger partial charge in [-0.1, -0.05) is 31.4 Å². The summed E-state index contributed by atoms with van der Waals surface area (Å²) in [7, 11) is -6.75. The minimum absolute atomic E-state index is 0.0564. The Hall–Kier alpha value is -0.920. The summed E-state index contributed by atoms with van der Waals surface area (Å²) in [5, 5.41) is 0. The lowest BCUT2D eigenvalue weighted by Crippen LogP contribution is -2.35. The first kappa shape index (κ1) is 16.9. The molecule has 0 unspecified atom stereocenters. The van der Waals surface area contributed by atoms with Crippen molar-refractivity contribution in [1.82, 2.24) is 4.72 Å². The van der Waals surface area contributed by atoms with E-state index in [2.05, 4.69) is 4.72 Å². The van der Waals surface area contributed by atoms with Crippen LogP contribution in [0, 0.1) is 0 Å². The van der Waals surface area contributed by atoms with Crippen LogP contribution in [0.15, 0.2) is 29.2 Å². The molecule has 0 bridgehead atoms. The van der Waals surface area contributed by atoms with Crippen molar-refractivity contribution in [2.45, 2.75) is 55.4 Å². The van der Waals surface area contributed by atoms with Crippen LogP contribution in [-0.4, -0.2) is 34.4 Å². The van der Waals surface area contributed by atoms with Crippen molar-refractivity contribution in [3.8, 4) is 0 Å². The zero-order valence-corrected chi connectivity index (χ0v) is 14.7. The SMILES string of the molecule is O=S1(=O)CC[C@@H](NS(=O)(=O)c2ccc(C3CCCCC3)cc2)C1. The molecule has 2 fully saturated rings. The molecule has 1 saturated heterocycles. The topological polar surface area (TPSA) is 80.3 Å². The Morgan fingerprint density at radius 1 is 0.957 bits per heavy atom. The molecular formula is C16H23NO4S2. The van der Waals surface area contributed by atoms with Gasteiger partial charge in [-0.2, -0.15) is 0 Å². The third-order valence-electron chi connectivity index (χ3n) is 4.82. The standard InChI is InChI=1S/C16H23NO4S2/c18-22(19)11-10-15(12-22)17-23(20,21)16-8-6-14(7-9-16)13-4-2-1-3-5-13/h6-9,13,15,17H,1-5,10-12H2/t15-/m1/s1. The summed E-state index contributed by atoms with van der Waals surface area (Å²) in [4.78, 5) is 0.210. The first-order valence-electron chi connectivity index (χ1n) is 8.18. The molecule has 7 heteroatoms. The highest BCUT2D eigenvalue weighted by molar-refractivity contribution is 7.92. The Morgan fingerprint density at radius 2 is 1.61 bits per heavy atom. The van der Waals surface area contributed by atoms with Crippen LogP contribution >= 0.6 is 0 Å². The number of hydrogen-bond acceptors (Lipinski definition) is 4. The van der Waals surface area contributed by atoms with Gasteiger partial charge < -0.3 is 0 Å². The fraction of sp³-hybridized carbons (Fsp3) is 0.625. The highest BCUT2D eigenvalue weighted by Gasteiger charge is 2.31. The molecule has 1 aliphatic heterocycles.